The molecule has 0 saturated heterocycles. The lowest BCUT2D eigenvalue weighted by Crippen LogP contribution is -2.00. The molecule has 0 aliphatic heterocycles. The topological polar surface area (TPSA) is 23.8 Å². The Hall–Kier alpha value is -1.29. The third kappa shape index (κ3) is 2.83. The molecule has 0 aromatic heterocycles. The average Bonchev–Trinajstić information content (AvgIpc) is 2.12. The fourth-order valence-corrected chi connectivity index (χ4v) is 2.39. The van der Waals surface area contributed by atoms with E-state index >= 15 is 0 Å². The van der Waals surface area contributed by atoms with E-state index in [1.54, 1.807) is 0 Å². The van der Waals surface area contributed by atoms with Crippen molar-refractivity contribution in [3.05, 3.63) is 34.4 Å². The largest absolute Gasteiger partial charge is 0.198 e. The molecule has 0 bridgehead atoms. The van der Waals surface area contributed by atoms with Crippen molar-refractivity contribution < 1.29 is 0 Å². The van der Waals surface area contributed by atoms with Crippen molar-refractivity contribution in [2.75, 3.05) is 0 Å². The monoisotopic (exact) mass is 201 g/mol. The third-order valence-corrected chi connectivity index (χ3v) is 2.92. The molecule has 0 fully saturated rings. The molecular weight excluding hydrogens is 182 g/mol. The molecule has 1 rings (SSSR count). The highest BCUT2D eigenvalue weighted by Crippen LogP contribution is 2.27. The van der Waals surface area contributed by atoms with E-state index in [1.165, 1.54) is 22.3 Å². The lowest BCUT2D eigenvalue weighted by Gasteiger charge is -2.17. The first-order chi connectivity index (χ1) is 7.06. The van der Waals surface area contributed by atoms with Crippen LogP contribution >= 0.6 is 0 Å². The molecular formula is C14H19N. The van der Waals surface area contributed by atoms with Crippen LogP contribution in [0.15, 0.2) is 12.1 Å². The quantitative estimate of drug-likeness (QED) is 0.724. The van der Waals surface area contributed by atoms with E-state index in [-0.39, 0.29) is 0 Å². The van der Waals surface area contributed by atoms with E-state index in [1.807, 2.05) is 0 Å². The molecule has 0 radical (unpaired) electrons. The van der Waals surface area contributed by atoms with Gasteiger partial charge in [-0.25, -0.2) is 0 Å². The Morgan fingerprint density at radius 1 is 1.20 bits per heavy atom. The summed E-state index contributed by atoms with van der Waals surface area (Å²) >= 11 is 0. The van der Waals surface area contributed by atoms with Gasteiger partial charge in [0, 0.05) is 6.42 Å². The predicted octanol–water partition coefficient (Wildman–Crippen LogP) is 4.02. The van der Waals surface area contributed by atoms with Crippen LogP contribution in [0.3, 0.4) is 0 Å². The molecule has 0 heterocycles. The highest BCUT2D eigenvalue weighted by Gasteiger charge is 2.11. The first-order valence-corrected chi connectivity index (χ1v) is 5.51. The van der Waals surface area contributed by atoms with E-state index in [2.05, 4.69) is 45.9 Å². The van der Waals surface area contributed by atoms with Gasteiger partial charge in [0.2, 0.25) is 0 Å². The lowest BCUT2D eigenvalue weighted by atomic mass is 9.88. The first-order valence-electron chi connectivity index (χ1n) is 5.51. The maximum Gasteiger partial charge on any atom is 0.0621 e. The number of rotatable bonds is 3. The van der Waals surface area contributed by atoms with Gasteiger partial charge in [-0.05, 0) is 49.8 Å². The first kappa shape index (κ1) is 11.8. The van der Waals surface area contributed by atoms with E-state index < -0.39 is 0 Å². The average molecular weight is 201 g/mol. The molecule has 0 aliphatic rings. The zero-order chi connectivity index (χ0) is 11.4. The van der Waals surface area contributed by atoms with Crippen LogP contribution in [0, 0.1) is 32.1 Å². The standard InChI is InChI=1S/C14H19N/c1-10-8-12(3)14(13(4)9-10)11(2)6-5-7-15/h8-9,11H,5-6H2,1-4H3. The minimum Gasteiger partial charge on any atom is -0.198 e. The Morgan fingerprint density at radius 3 is 2.20 bits per heavy atom. The second-order valence-corrected chi connectivity index (χ2v) is 4.41. The minimum atomic E-state index is 0.491. The van der Waals surface area contributed by atoms with Crippen LogP contribution in [0.25, 0.3) is 0 Å². The molecule has 1 atom stereocenters. The smallest absolute Gasteiger partial charge is 0.0621 e. The number of aryl methyl sites for hydroxylation is 3. The molecule has 1 unspecified atom stereocenters. The Kier molecular flexibility index (Phi) is 3.91. The van der Waals surface area contributed by atoms with Gasteiger partial charge in [0.1, 0.15) is 0 Å². The van der Waals surface area contributed by atoms with Crippen LogP contribution in [-0.4, -0.2) is 0 Å². The summed E-state index contributed by atoms with van der Waals surface area (Å²) in [7, 11) is 0. The molecule has 0 N–H and O–H groups in total. The molecule has 1 nitrogen and oxygen atoms in total. The van der Waals surface area contributed by atoms with Gasteiger partial charge >= 0.3 is 0 Å². The maximum absolute atomic E-state index is 8.59. The third-order valence-electron chi connectivity index (χ3n) is 2.92. The Labute approximate surface area is 92.7 Å². The summed E-state index contributed by atoms with van der Waals surface area (Å²) < 4.78 is 0. The summed E-state index contributed by atoms with van der Waals surface area (Å²) in [6, 6.07) is 6.67. The summed E-state index contributed by atoms with van der Waals surface area (Å²) in [5, 5.41) is 8.59. The van der Waals surface area contributed by atoms with Crippen LogP contribution in [-0.2, 0) is 0 Å². The minimum absolute atomic E-state index is 0.491. The van der Waals surface area contributed by atoms with Crippen LogP contribution in [0.1, 0.15) is 47.9 Å². The molecule has 15 heavy (non-hydrogen) atoms. The fourth-order valence-electron chi connectivity index (χ4n) is 2.39. The van der Waals surface area contributed by atoms with Crippen LogP contribution in [0.4, 0.5) is 0 Å². The molecule has 0 aliphatic carbocycles. The van der Waals surface area contributed by atoms with Gasteiger partial charge in [-0.3, -0.25) is 0 Å². The van der Waals surface area contributed by atoms with Crippen molar-refractivity contribution in [3.63, 3.8) is 0 Å². The van der Waals surface area contributed by atoms with Crippen LogP contribution < -0.4 is 0 Å². The number of hydrogen-bond donors (Lipinski definition) is 0. The van der Waals surface area contributed by atoms with Gasteiger partial charge in [0.15, 0.2) is 0 Å². The van der Waals surface area contributed by atoms with Crippen LogP contribution in [0.5, 0.6) is 0 Å². The number of hydrogen-bond acceptors (Lipinski definition) is 1. The van der Waals surface area contributed by atoms with Crippen molar-refractivity contribution in [1.29, 1.82) is 5.26 Å². The molecule has 80 valence electrons. The summed E-state index contributed by atoms with van der Waals surface area (Å²) in [6.45, 7) is 8.67. The zero-order valence-corrected chi connectivity index (χ0v) is 10.1. The second-order valence-electron chi connectivity index (χ2n) is 4.41. The van der Waals surface area contributed by atoms with Gasteiger partial charge < -0.3 is 0 Å². The summed E-state index contributed by atoms with van der Waals surface area (Å²) in [4.78, 5) is 0. The van der Waals surface area contributed by atoms with Gasteiger partial charge in [-0.1, -0.05) is 24.6 Å². The fraction of sp³-hybridized carbons (Fsp3) is 0.500. The number of benzene rings is 1. The van der Waals surface area contributed by atoms with Crippen molar-refractivity contribution >= 4 is 0 Å². The second kappa shape index (κ2) is 4.98. The van der Waals surface area contributed by atoms with Crippen molar-refractivity contribution in [2.24, 2.45) is 0 Å². The van der Waals surface area contributed by atoms with Crippen molar-refractivity contribution in [2.45, 2.75) is 46.5 Å². The van der Waals surface area contributed by atoms with E-state index in [0.29, 0.717) is 12.3 Å². The Morgan fingerprint density at radius 2 is 1.73 bits per heavy atom. The molecule has 0 saturated carbocycles. The van der Waals surface area contributed by atoms with Crippen molar-refractivity contribution in [1.82, 2.24) is 0 Å². The van der Waals surface area contributed by atoms with Gasteiger partial charge in [-0.15, -0.1) is 0 Å². The molecule has 1 aromatic carbocycles. The Balaban J connectivity index is 2.99. The van der Waals surface area contributed by atoms with E-state index in [4.69, 9.17) is 5.26 Å². The van der Waals surface area contributed by atoms with Gasteiger partial charge in [0.25, 0.3) is 0 Å². The summed E-state index contributed by atoms with van der Waals surface area (Å²) in [6.07, 6.45) is 1.61. The maximum atomic E-state index is 8.59. The zero-order valence-electron chi connectivity index (χ0n) is 10.1. The van der Waals surface area contributed by atoms with Gasteiger partial charge in [-0.2, -0.15) is 5.26 Å². The summed E-state index contributed by atoms with van der Waals surface area (Å²) in [5.74, 6) is 0.491. The number of nitrogens with zero attached hydrogens (tertiary/aromatic N) is 1. The van der Waals surface area contributed by atoms with Gasteiger partial charge in [0.05, 0.1) is 6.07 Å². The highest BCUT2D eigenvalue weighted by atomic mass is 14.2. The molecule has 1 aromatic rings. The summed E-state index contributed by atoms with van der Waals surface area (Å²) in [5.41, 5.74) is 5.47. The SMILES string of the molecule is Cc1cc(C)c(C(C)CCC#N)c(C)c1. The normalized spacial score (nSPS) is 12.2. The van der Waals surface area contributed by atoms with Crippen LogP contribution in [0.2, 0.25) is 0 Å². The van der Waals surface area contributed by atoms with Crippen molar-refractivity contribution in [3.8, 4) is 6.07 Å². The predicted molar refractivity (Wildman–Crippen MR) is 63.9 cm³/mol. The molecule has 0 spiro atoms. The Bertz CT molecular complexity index is 362. The number of nitriles is 1. The molecule has 0 amide bonds. The highest BCUT2D eigenvalue weighted by molar-refractivity contribution is 5.39. The van der Waals surface area contributed by atoms with E-state index in [0.717, 1.165) is 6.42 Å². The molecule has 1 heteroatoms. The van der Waals surface area contributed by atoms with E-state index in [9.17, 15) is 0 Å². The lowest BCUT2D eigenvalue weighted by molar-refractivity contribution is 0.686.